The van der Waals surface area contributed by atoms with Crippen LogP contribution in [0.4, 0.5) is 14.4 Å². The van der Waals surface area contributed by atoms with Crippen LogP contribution < -0.4 is 56.1 Å². The third kappa shape index (κ3) is 26.0. The Hall–Kier alpha value is -7.03. The van der Waals surface area contributed by atoms with Gasteiger partial charge in [-0.15, -0.1) is 0 Å². The molecule has 2 aliphatic carbocycles. The molecule has 8 aliphatic rings. The first kappa shape index (κ1) is 91.3. The second-order valence-electron chi connectivity index (χ2n) is 30.7. The van der Waals surface area contributed by atoms with Crippen molar-refractivity contribution in [3.8, 4) is 0 Å². The van der Waals surface area contributed by atoms with Gasteiger partial charge in [-0.2, -0.15) is 0 Å². The SMILES string of the molecule is CC[C@@H]1C=C[C@@H](NC(=O)OCc2ccccc2)[C@@H](O[C@H]2[C@H](O[C@@H]3O[C@H](CO)[C@@H](O[C@H]4O[C@@H](CNC(=O)OCc5ccccc5)C=C[C@H]4NC(=O)OCc4ccccc4)[C@H]3O)[C@@H](O)[C@H](CCCC(N)=O)C[C@@H]2C)O1.NC[C@@H]1CC[C@@H](N)[C@@H](O[C@H]2[C@H](O[C@@H]3O[C@H](CO)[C@@H](O[C@H]4O[C@@H](CN)CC[C@H]4N)[C@H]3O)[C@@H](O)[C@H](CCCC(N)=O)C[C@@H]2N)O1. The van der Waals surface area contributed by atoms with Crippen molar-refractivity contribution in [1.29, 1.82) is 0 Å². The quantitative estimate of drug-likeness (QED) is 0.0282. The third-order valence-corrected chi connectivity index (χ3v) is 22.1. The number of carbonyl (C=O) groups is 5. The molecule has 6 aliphatic heterocycles. The first-order chi connectivity index (χ1) is 55.9. The molecule has 646 valence electrons. The monoisotopic (exact) mass is 1640 g/mol. The van der Waals surface area contributed by atoms with Crippen LogP contribution in [0.5, 0.6) is 0 Å². The van der Waals surface area contributed by atoms with Crippen molar-refractivity contribution in [2.45, 2.75) is 283 Å². The van der Waals surface area contributed by atoms with Crippen LogP contribution in [0.1, 0.15) is 114 Å². The van der Waals surface area contributed by atoms with Crippen LogP contribution >= 0.6 is 0 Å². The van der Waals surface area contributed by atoms with E-state index in [0.717, 1.165) is 16.7 Å². The molecule has 0 spiro atoms. The molecule has 6 fully saturated rings. The van der Waals surface area contributed by atoms with E-state index in [1.165, 1.54) is 0 Å². The van der Waals surface area contributed by atoms with E-state index in [1.807, 2.05) is 98.8 Å². The maximum Gasteiger partial charge on any atom is 0.408 e. The molecule has 0 bridgehead atoms. The molecule has 0 radical (unpaired) electrons. The van der Waals surface area contributed by atoms with Gasteiger partial charge in [0.2, 0.25) is 11.8 Å². The lowest BCUT2D eigenvalue weighted by Gasteiger charge is -2.46. The summed E-state index contributed by atoms with van der Waals surface area (Å²) >= 11 is 0. The number of rotatable bonds is 35. The van der Waals surface area contributed by atoms with Gasteiger partial charge in [-0.1, -0.05) is 129 Å². The number of ether oxygens (including phenoxy) is 15. The number of nitrogens with one attached hydrogen (secondary N) is 3. The van der Waals surface area contributed by atoms with Crippen molar-refractivity contribution in [3.63, 3.8) is 0 Å². The summed E-state index contributed by atoms with van der Waals surface area (Å²) in [7, 11) is 0. The average molecular weight is 1640 g/mol. The van der Waals surface area contributed by atoms with E-state index < -0.39 is 197 Å². The Bertz CT molecular complexity index is 3540. The predicted molar refractivity (Wildman–Crippen MR) is 412 cm³/mol. The molecule has 36 heteroatoms. The number of amides is 5. The van der Waals surface area contributed by atoms with Crippen LogP contribution in [-0.2, 0) is 100 Å². The molecule has 23 N–H and O–H groups in total. The van der Waals surface area contributed by atoms with E-state index in [2.05, 4.69) is 16.0 Å². The first-order valence-electron chi connectivity index (χ1n) is 40.2. The van der Waals surface area contributed by atoms with Gasteiger partial charge in [-0.05, 0) is 105 Å². The average Bonchev–Trinajstić information content (AvgIpc) is 1.54. The number of nitrogens with two attached hydrogens (primary N) is 7. The third-order valence-electron chi connectivity index (χ3n) is 22.1. The van der Waals surface area contributed by atoms with Gasteiger partial charge in [-0.3, -0.25) is 9.59 Å². The lowest BCUT2D eigenvalue weighted by Crippen LogP contribution is -2.62. The van der Waals surface area contributed by atoms with Gasteiger partial charge >= 0.3 is 18.3 Å². The van der Waals surface area contributed by atoms with Crippen LogP contribution in [0.15, 0.2) is 115 Å². The summed E-state index contributed by atoms with van der Waals surface area (Å²) in [5, 5.41) is 75.9. The topological polar surface area (TPSA) is 563 Å². The fraction of sp³-hybridized carbons (Fsp3) is 0.662. The standard InChI is InChI=1S/C53H68N4O16.C27H52N6O10/c1-3-37-22-24-39(56-52(63)66-30-34-16-9-5-10-17-34)48(68-37)71-45-32(2)26-36(20-13-21-42(54)59)43(60)47(45)73-50-44(61)46(41(28-58)70-50)72-49-40(57-53(64)67-31-35-18-11-6-12-19-35)25-23-38(69-49)27-55-51(62)65-29-33-14-7-4-8-15-33;28-9-13-4-6-15(30)25(38-13)41-22-17(32)8-12(2-1-3-19(33)35)20(36)24(22)43-27-21(37)23(18(11-34)40-27)42-26-16(31)7-5-14(10-29)39-26/h4-12,14-19,22-25,32,36-41,43-50,58,60-61H,3,13,20-21,26-31H2,1-2H3,(H2,54,59)(H,55,62)(H,56,63)(H,57,64);12-18,20-27,34,36-37H,1-11,28-32H2,(H2,33,35)/t32-,36+,37+,38+,39+,40+,41+,43-,44+,45+,46+,47+,48+,49+,50-;12-,13+,14-,15-,16-,17+,18-,20+,21-,22-,23-,24-,25-,26-,27+/m01/s1. The first-order valence-corrected chi connectivity index (χ1v) is 40.2. The Morgan fingerprint density at radius 2 is 0.845 bits per heavy atom. The maximum atomic E-state index is 13.2. The van der Waals surface area contributed by atoms with Gasteiger partial charge in [0, 0.05) is 32.0 Å². The van der Waals surface area contributed by atoms with Gasteiger partial charge in [0.15, 0.2) is 37.7 Å². The van der Waals surface area contributed by atoms with E-state index in [9.17, 15) is 54.6 Å². The zero-order valence-corrected chi connectivity index (χ0v) is 65.5. The number of aliphatic hydroxyl groups is 6. The maximum absolute atomic E-state index is 13.2. The van der Waals surface area contributed by atoms with Crippen molar-refractivity contribution in [2.24, 2.45) is 57.9 Å². The molecular weight excluding hydrogens is 1520 g/mol. The number of carbonyl (C=O) groups excluding carboxylic acids is 5. The van der Waals surface area contributed by atoms with Crippen molar-refractivity contribution in [2.75, 3.05) is 32.8 Å². The Morgan fingerprint density at radius 3 is 1.28 bits per heavy atom. The Kier molecular flexibility index (Phi) is 35.7. The van der Waals surface area contributed by atoms with E-state index in [-0.39, 0.29) is 75.9 Å². The van der Waals surface area contributed by atoms with Crippen molar-refractivity contribution in [3.05, 3.63) is 132 Å². The highest BCUT2D eigenvalue weighted by Gasteiger charge is 2.56. The fourth-order valence-corrected chi connectivity index (χ4v) is 15.6. The smallest absolute Gasteiger partial charge is 0.408 e. The molecule has 36 nitrogen and oxygen atoms in total. The fourth-order valence-electron chi connectivity index (χ4n) is 15.6. The summed E-state index contributed by atoms with van der Waals surface area (Å²) in [5.74, 6) is -2.02. The van der Waals surface area contributed by atoms with Crippen LogP contribution in [-0.4, -0.2) is 259 Å². The minimum atomic E-state index is -1.63. The molecule has 0 aromatic heterocycles. The Labute approximate surface area is 674 Å². The molecule has 4 saturated heterocycles. The highest BCUT2D eigenvalue weighted by molar-refractivity contribution is 5.74. The second kappa shape index (κ2) is 45.4. The number of benzene rings is 3. The number of alkyl carbamates (subject to hydrolysis) is 3. The van der Waals surface area contributed by atoms with Gasteiger partial charge in [-0.25, -0.2) is 14.4 Å². The minimum absolute atomic E-state index is 0.0288. The van der Waals surface area contributed by atoms with Gasteiger partial charge < -0.3 is 158 Å². The van der Waals surface area contributed by atoms with E-state index in [1.54, 1.807) is 30.4 Å². The molecule has 3 aromatic rings. The lowest BCUT2D eigenvalue weighted by molar-refractivity contribution is -0.291. The summed E-state index contributed by atoms with van der Waals surface area (Å²) in [5.41, 5.74) is 43.8. The van der Waals surface area contributed by atoms with Gasteiger partial charge in [0.25, 0.3) is 0 Å². The molecule has 5 amide bonds. The van der Waals surface area contributed by atoms with Gasteiger partial charge in [0.05, 0.1) is 74.6 Å². The molecule has 116 heavy (non-hydrogen) atoms. The Balaban J connectivity index is 0.000000280. The second-order valence-corrected chi connectivity index (χ2v) is 30.7. The zero-order chi connectivity index (χ0) is 83.0. The molecule has 30 atom stereocenters. The summed E-state index contributed by atoms with van der Waals surface area (Å²) in [6, 6.07) is 24.0. The molecule has 6 heterocycles. The Morgan fingerprint density at radius 1 is 0.448 bits per heavy atom. The normalized spacial score (nSPS) is 36.3. The van der Waals surface area contributed by atoms with Crippen LogP contribution in [0.3, 0.4) is 0 Å². The van der Waals surface area contributed by atoms with Crippen LogP contribution in [0.2, 0.25) is 0 Å². The largest absolute Gasteiger partial charge is 0.445 e. The summed E-state index contributed by atoms with van der Waals surface area (Å²) in [4.78, 5) is 62.0. The molecular formula is C80H120N10O26. The molecule has 0 unspecified atom stereocenters. The number of primary amides is 2. The molecule has 11 rings (SSSR count). The van der Waals surface area contributed by atoms with Crippen molar-refractivity contribution >= 4 is 30.1 Å². The van der Waals surface area contributed by atoms with E-state index in [4.69, 9.17) is 111 Å². The highest BCUT2D eigenvalue weighted by Crippen LogP contribution is 2.42. The molecule has 2 saturated carbocycles. The summed E-state index contributed by atoms with van der Waals surface area (Å²) in [6.07, 6.45) is -12.3. The number of hydrogen-bond acceptors (Lipinski definition) is 31. The van der Waals surface area contributed by atoms with Crippen LogP contribution in [0, 0.1) is 17.8 Å². The zero-order valence-electron chi connectivity index (χ0n) is 65.5. The van der Waals surface area contributed by atoms with Crippen molar-refractivity contribution < 1.29 is 126 Å². The van der Waals surface area contributed by atoms with E-state index in [0.29, 0.717) is 77.2 Å². The van der Waals surface area contributed by atoms with E-state index >= 15 is 0 Å². The summed E-state index contributed by atoms with van der Waals surface area (Å²) in [6.45, 7) is 3.24. The number of aliphatic hydroxyl groups excluding tert-OH is 6. The van der Waals surface area contributed by atoms with Crippen LogP contribution in [0.25, 0.3) is 0 Å². The summed E-state index contributed by atoms with van der Waals surface area (Å²) < 4.78 is 91.1. The number of hydrogen-bond donors (Lipinski definition) is 16. The van der Waals surface area contributed by atoms with Crippen molar-refractivity contribution in [1.82, 2.24) is 16.0 Å². The molecule has 3 aromatic carbocycles. The predicted octanol–water partition coefficient (Wildman–Crippen LogP) is 0.547. The minimum Gasteiger partial charge on any atom is -0.445 e. The van der Waals surface area contributed by atoms with Gasteiger partial charge in [0.1, 0.15) is 86.8 Å². The highest BCUT2D eigenvalue weighted by atomic mass is 16.8. The lowest BCUT2D eigenvalue weighted by atomic mass is 9.74.